The Hall–Kier alpha value is -2.60. The lowest BCUT2D eigenvalue weighted by atomic mass is 10.1. The van der Waals surface area contributed by atoms with Crippen LogP contribution in [0.1, 0.15) is 22.0 Å². The predicted octanol–water partition coefficient (Wildman–Crippen LogP) is 2.81. The zero-order valence-electron chi connectivity index (χ0n) is 13.6. The number of hydrogen-bond donors (Lipinski definition) is 0. The second-order valence-electron chi connectivity index (χ2n) is 5.99. The first-order valence-electron chi connectivity index (χ1n) is 8.27. The number of hydrogen-bond acceptors (Lipinski definition) is 4. The van der Waals surface area contributed by atoms with Gasteiger partial charge in [0.15, 0.2) is 11.5 Å². The molecule has 2 aromatic rings. The van der Waals surface area contributed by atoms with Crippen molar-refractivity contribution in [2.75, 3.05) is 32.9 Å². The number of carbonyl (C=O) groups excluding carboxylic acids is 1. The molecule has 4 rings (SSSR count). The Morgan fingerprint density at radius 2 is 1.84 bits per heavy atom. The normalized spacial score (nSPS) is 19.6. The fourth-order valence-electron chi connectivity index (χ4n) is 3.12. The topological polar surface area (TPSA) is 48.0 Å². The number of fused-ring (bicyclic) bond motifs is 1. The molecule has 1 fully saturated rings. The molecule has 0 radical (unpaired) electrons. The van der Waals surface area contributed by atoms with Gasteiger partial charge in [0.05, 0.1) is 13.2 Å². The number of ether oxygens (including phenoxy) is 3. The summed E-state index contributed by atoms with van der Waals surface area (Å²) in [6.45, 7) is 2.13. The number of carbonyl (C=O) groups is 1. The standard InChI is InChI=1S/C19H18FNO4/c20-15-4-2-1-3-14(15)18-12-21(7-8-23-18)19(22)13-5-6-16-17(11-13)25-10-9-24-16/h1-6,11,18H,7-10,12H2. The van der Waals surface area contributed by atoms with Gasteiger partial charge in [-0.2, -0.15) is 0 Å². The lowest BCUT2D eigenvalue weighted by Gasteiger charge is -2.33. The van der Waals surface area contributed by atoms with Crippen LogP contribution in [-0.4, -0.2) is 43.7 Å². The molecule has 0 aromatic heterocycles. The fourth-order valence-corrected chi connectivity index (χ4v) is 3.12. The maximum Gasteiger partial charge on any atom is 0.254 e. The molecule has 1 amide bonds. The lowest BCUT2D eigenvalue weighted by Crippen LogP contribution is -2.42. The van der Waals surface area contributed by atoms with Crippen molar-refractivity contribution < 1.29 is 23.4 Å². The van der Waals surface area contributed by atoms with E-state index in [4.69, 9.17) is 14.2 Å². The van der Waals surface area contributed by atoms with E-state index in [1.165, 1.54) is 6.07 Å². The number of morpholine rings is 1. The molecule has 0 spiro atoms. The summed E-state index contributed by atoms with van der Waals surface area (Å²) < 4.78 is 30.7. The highest BCUT2D eigenvalue weighted by Crippen LogP contribution is 2.32. The van der Waals surface area contributed by atoms with Crippen LogP contribution in [0.15, 0.2) is 42.5 Å². The zero-order chi connectivity index (χ0) is 17.2. The average Bonchev–Trinajstić information content (AvgIpc) is 2.67. The van der Waals surface area contributed by atoms with Gasteiger partial charge >= 0.3 is 0 Å². The van der Waals surface area contributed by atoms with Crippen LogP contribution in [0.25, 0.3) is 0 Å². The van der Waals surface area contributed by atoms with Gasteiger partial charge in [0.2, 0.25) is 0 Å². The second kappa shape index (κ2) is 6.72. The smallest absolute Gasteiger partial charge is 0.254 e. The van der Waals surface area contributed by atoms with Crippen LogP contribution >= 0.6 is 0 Å². The Balaban J connectivity index is 1.53. The van der Waals surface area contributed by atoms with Gasteiger partial charge in [-0.15, -0.1) is 0 Å². The van der Waals surface area contributed by atoms with Crippen molar-refractivity contribution in [3.05, 3.63) is 59.4 Å². The maximum atomic E-state index is 14.0. The minimum absolute atomic E-state index is 0.124. The van der Waals surface area contributed by atoms with Crippen molar-refractivity contribution >= 4 is 5.91 Å². The van der Waals surface area contributed by atoms with Crippen LogP contribution in [0, 0.1) is 5.82 Å². The molecule has 6 heteroatoms. The molecular weight excluding hydrogens is 325 g/mol. The summed E-state index contributed by atoms with van der Waals surface area (Å²) in [6, 6.07) is 11.7. The predicted molar refractivity (Wildman–Crippen MR) is 88.4 cm³/mol. The van der Waals surface area contributed by atoms with E-state index in [0.29, 0.717) is 55.5 Å². The SMILES string of the molecule is O=C(c1ccc2c(c1)OCCO2)N1CCOC(c2ccccc2F)C1. The van der Waals surface area contributed by atoms with E-state index in [0.717, 1.165) is 0 Å². The van der Waals surface area contributed by atoms with Gasteiger partial charge in [-0.1, -0.05) is 18.2 Å². The number of amides is 1. The third-order valence-electron chi connectivity index (χ3n) is 4.39. The third-order valence-corrected chi connectivity index (χ3v) is 4.39. The molecule has 25 heavy (non-hydrogen) atoms. The van der Waals surface area contributed by atoms with Crippen molar-refractivity contribution in [3.63, 3.8) is 0 Å². The Labute approximate surface area is 144 Å². The Morgan fingerprint density at radius 1 is 1.04 bits per heavy atom. The van der Waals surface area contributed by atoms with Crippen molar-refractivity contribution in [2.24, 2.45) is 0 Å². The average molecular weight is 343 g/mol. The highest BCUT2D eigenvalue weighted by Gasteiger charge is 2.28. The number of benzene rings is 2. The van der Waals surface area contributed by atoms with E-state index < -0.39 is 6.10 Å². The molecule has 2 aliphatic rings. The van der Waals surface area contributed by atoms with E-state index >= 15 is 0 Å². The highest BCUT2D eigenvalue weighted by atomic mass is 19.1. The van der Waals surface area contributed by atoms with Crippen LogP contribution in [0.3, 0.4) is 0 Å². The van der Waals surface area contributed by atoms with Crippen molar-refractivity contribution in [2.45, 2.75) is 6.10 Å². The fraction of sp³-hybridized carbons (Fsp3) is 0.316. The molecule has 5 nitrogen and oxygen atoms in total. The molecule has 2 aromatic carbocycles. The quantitative estimate of drug-likeness (QED) is 0.841. The molecule has 2 heterocycles. The molecule has 130 valence electrons. The minimum atomic E-state index is -0.462. The van der Waals surface area contributed by atoms with Gasteiger partial charge < -0.3 is 19.1 Å². The largest absolute Gasteiger partial charge is 0.486 e. The molecule has 1 atom stereocenters. The second-order valence-corrected chi connectivity index (χ2v) is 5.99. The molecular formula is C19H18FNO4. The summed E-state index contributed by atoms with van der Waals surface area (Å²) >= 11 is 0. The summed E-state index contributed by atoms with van der Waals surface area (Å²) in [5, 5.41) is 0. The van der Waals surface area contributed by atoms with Crippen LogP contribution in [-0.2, 0) is 4.74 Å². The molecule has 1 saturated heterocycles. The summed E-state index contributed by atoms with van der Waals surface area (Å²) in [4.78, 5) is 14.5. The van der Waals surface area contributed by atoms with Crippen molar-refractivity contribution in [1.29, 1.82) is 0 Å². The van der Waals surface area contributed by atoms with Crippen molar-refractivity contribution in [1.82, 2.24) is 4.90 Å². The number of rotatable bonds is 2. The summed E-state index contributed by atoms with van der Waals surface area (Å²) in [5.74, 6) is 0.785. The van der Waals surface area contributed by atoms with Gasteiger partial charge in [0.1, 0.15) is 25.1 Å². The van der Waals surface area contributed by atoms with Gasteiger partial charge in [0.25, 0.3) is 5.91 Å². The van der Waals surface area contributed by atoms with Gasteiger partial charge in [-0.25, -0.2) is 4.39 Å². The lowest BCUT2D eigenvalue weighted by molar-refractivity contribution is -0.0243. The van der Waals surface area contributed by atoms with Crippen LogP contribution < -0.4 is 9.47 Å². The Bertz CT molecular complexity index is 795. The van der Waals surface area contributed by atoms with E-state index in [-0.39, 0.29) is 11.7 Å². The van der Waals surface area contributed by atoms with E-state index in [2.05, 4.69) is 0 Å². The van der Waals surface area contributed by atoms with Gasteiger partial charge in [-0.05, 0) is 24.3 Å². The zero-order valence-corrected chi connectivity index (χ0v) is 13.6. The van der Waals surface area contributed by atoms with Crippen LogP contribution in [0.2, 0.25) is 0 Å². The minimum Gasteiger partial charge on any atom is -0.486 e. The van der Waals surface area contributed by atoms with Crippen molar-refractivity contribution in [3.8, 4) is 11.5 Å². The first-order chi connectivity index (χ1) is 12.2. The van der Waals surface area contributed by atoms with Crippen LogP contribution in [0.4, 0.5) is 4.39 Å². The monoisotopic (exact) mass is 343 g/mol. The number of nitrogens with zero attached hydrogens (tertiary/aromatic N) is 1. The van der Waals surface area contributed by atoms with E-state index in [9.17, 15) is 9.18 Å². The summed E-state index contributed by atoms with van der Waals surface area (Å²) in [6.07, 6.45) is -0.462. The Kier molecular flexibility index (Phi) is 4.28. The molecule has 0 N–H and O–H groups in total. The van der Waals surface area contributed by atoms with Crippen LogP contribution in [0.5, 0.6) is 11.5 Å². The first-order valence-corrected chi connectivity index (χ1v) is 8.27. The van der Waals surface area contributed by atoms with E-state index in [1.54, 1.807) is 41.3 Å². The molecule has 2 aliphatic heterocycles. The first kappa shape index (κ1) is 15.9. The van der Waals surface area contributed by atoms with Gasteiger partial charge in [-0.3, -0.25) is 4.79 Å². The molecule has 0 aliphatic carbocycles. The van der Waals surface area contributed by atoms with Gasteiger partial charge in [0, 0.05) is 17.7 Å². The third kappa shape index (κ3) is 3.17. The number of halogens is 1. The summed E-state index contributed by atoms with van der Waals surface area (Å²) in [7, 11) is 0. The maximum absolute atomic E-state index is 14.0. The molecule has 0 bridgehead atoms. The highest BCUT2D eigenvalue weighted by molar-refractivity contribution is 5.95. The summed E-state index contributed by atoms with van der Waals surface area (Å²) in [5.41, 5.74) is 1.00. The molecule has 1 unspecified atom stereocenters. The Morgan fingerprint density at radius 3 is 2.68 bits per heavy atom. The molecule has 0 saturated carbocycles. The van der Waals surface area contributed by atoms with E-state index in [1.807, 2.05) is 0 Å².